The molecule has 0 aromatic carbocycles. The molecule has 0 bridgehead atoms. The molecule has 0 aliphatic carbocycles. The van der Waals surface area contributed by atoms with Crippen molar-refractivity contribution in [2.75, 3.05) is 0 Å². The van der Waals surface area contributed by atoms with Crippen LogP contribution in [0.1, 0.15) is 39.5 Å². The second-order valence-electron chi connectivity index (χ2n) is 3.62. The first kappa shape index (κ1) is 13.9. The summed E-state index contributed by atoms with van der Waals surface area (Å²) in [7, 11) is 0. The summed E-state index contributed by atoms with van der Waals surface area (Å²) in [5.41, 5.74) is 5.59. The van der Waals surface area contributed by atoms with E-state index in [-0.39, 0.29) is 18.4 Å². The molecule has 0 aromatic rings. The van der Waals surface area contributed by atoms with E-state index in [0.717, 1.165) is 6.42 Å². The minimum absolute atomic E-state index is 0.185. The highest BCUT2D eigenvalue weighted by Gasteiger charge is 2.19. The van der Waals surface area contributed by atoms with E-state index in [9.17, 15) is 9.59 Å². The molecule has 1 unspecified atom stereocenters. The van der Waals surface area contributed by atoms with Crippen LogP contribution in [0.25, 0.3) is 0 Å². The fourth-order valence-corrected chi connectivity index (χ4v) is 1.18. The van der Waals surface area contributed by atoms with Gasteiger partial charge in [0.2, 0.25) is 5.91 Å². The zero-order valence-electron chi connectivity index (χ0n) is 9.32. The number of hydrogen-bond acceptors (Lipinski definition) is 3. The van der Waals surface area contributed by atoms with Crippen LogP contribution in [-0.4, -0.2) is 29.1 Å². The third-order valence-electron chi connectivity index (χ3n) is 2.18. The number of carboxylic acids is 1. The van der Waals surface area contributed by atoms with Gasteiger partial charge in [0.05, 0.1) is 0 Å². The molecule has 0 radical (unpaired) electrons. The Morgan fingerprint density at radius 2 is 2.00 bits per heavy atom. The zero-order valence-corrected chi connectivity index (χ0v) is 9.32. The molecular formula is C10H20N2O3. The summed E-state index contributed by atoms with van der Waals surface area (Å²) in [6.45, 7) is 3.76. The molecule has 1 amide bonds. The Bertz CT molecular complexity index is 219. The largest absolute Gasteiger partial charge is 0.480 e. The monoisotopic (exact) mass is 216 g/mol. The standard InChI is InChI=1S/C10H20N2O3/c1-3-5-8(10(14)15)12-9(13)6-7(11)4-2/h7-8H,3-6,11H2,1-2H3,(H,12,13)(H,14,15)/t7?,8-/m0/s1. The van der Waals surface area contributed by atoms with Crippen LogP contribution >= 0.6 is 0 Å². The van der Waals surface area contributed by atoms with Crippen LogP contribution in [0.3, 0.4) is 0 Å². The van der Waals surface area contributed by atoms with Crippen LogP contribution in [-0.2, 0) is 9.59 Å². The molecule has 88 valence electrons. The second kappa shape index (κ2) is 7.23. The van der Waals surface area contributed by atoms with Crippen molar-refractivity contribution in [3.8, 4) is 0 Å². The molecule has 0 aliphatic heterocycles. The lowest BCUT2D eigenvalue weighted by Crippen LogP contribution is -2.42. The Balaban J connectivity index is 4.05. The van der Waals surface area contributed by atoms with Gasteiger partial charge >= 0.3 is 5.97 Å². The summed E-state index contributed by atoms with van der Waals surface area (Å²) in [5, 5.41) is 11.3. The number of rotatable bonds is 7. The fraction of sp³-hybridized carbons (Fsp3) is 0.800. The lowest BCUT2D eigenvalue weighted by atomic mass is 10.1. The maximum absolute atomic E-state index is 11.3. The number of carbonyl (C=O) groups is 2. The summed E-state index contributed by atoms with van der Waals surface area (Å²) in [4.78, 5) is 22.1. The van der Waals surface area contributed by atoms with Crippen LogP contribution in [0, 0.1) is 0 Å². The van der Waals surface area contributed by atoms with Crippen molar-refractivity contribution in [3.63, 3.8) is 0 Å². The van der Waals surface area contributed by atoms with E-state index in [1.807, 2.05) is 13.8 Å². The molecule has 0 spiro atoms. The number of carboxylic acid groups (broad SMARTS) is 1. The highest BCUT2D eigenvalue weighted by atomic mass is 16.4. The van der Waals surface area contributed by atoms with Crippen LogP contribution in [0.5, 0.6) is 0 Å². The van der Waals surface area contributed by atoms with E-state index in [1.165, 1.54) is 0 Å². The molecule has 5 heteroatoms. The number of carbonyl (C=O) groups excluding carboxylic acids is 1. The van der Waals surface area contributed by atoms with Crippen molar-refractivity contribution in [1.29, 1.82) is 0 Å². The SMILES string of the molecule is CCC[C@H](NC(=O)CC(N)CC)C(=O)O. The highest BCUT2D eigenvalue weighted by Crippen LogP contribution is 1.99. The highest BCUT2D eigenvalue weighted by molar-refractivity contribution is 5.83. The summed E-state index contributed by atoms with van der Waals surface area (Å²) >= 11 is 0. The molecule has 4 N–H and O–H groups in total. The van der Waals surface area contributed by atoms with Gasteiger partial charge in [-0.1, -0.05) is 20.3 Å². The number of nitrogens with one attached hydrogen (secondary N) is 1. The second-order valence-corrected chi connectivity index (χ2v) is 3.62. The van der Waals surface area contributed by atoms with Crippen molar-refractivity contribution in [2.45, 2.75) is 51.6 Å². The van der Waals surface area contributed by atoms with Crippen molar-refractivity contribution < 1.29 is 14.7 Å². The molecule has 0 aliphatic rings. The maximum atomic E-state index is 11.3. The minimum atomic E-state index is -0.990. The van der Waals surface area contributed by atoms with Crippen LogP contribution in [0.4, 0.5) is 0 Å². The normalized spacial score (nSPS) is 14.3. The number of amides is 1. The van der Waals surface area contributed by atoms with Gasteiger partial charge in [0.25, 0.3) is 0 Å². The van der Waals surface area contributed by atoms with E-state index in [0.29, 0.717) is 12.8 Å². The van der Waals surface area contributed by atoms with Gasteiger partial charge in [0.1, 0.15) is 6.04 Å². The van der Waals surface area contributed by atoms with Crippen molar-refractivity contribution >= 4 is 11.9 Å². The molecule has 0 saturated carbocycles. The number of nitrogens with two attached hydrogens (primary N) is 1. The summed E-state index contributed by atoms with van der Waals surface area (Å²) in [6.07, 6.45) is 2.06. The lowest BCUT2D eigenvalue weighted by Gasteiger charge is -2.15. The molecule has 0 rings (SSSR count). The van der Waals surface area contributed by atoms with Gasteiger partial charge in [0.15, 0.2) is 0 Å². The Kier molecular flexibility index (Phi) is 6.70. The van der Waals surface area contributed by atoms with Crippen LogP contribution in [0.2, 0.25) is 0 Å². The third kappa shape index (κ3) is 6.06. The Labute approximate surface area is 90.0 Å². The van der Waals surface area contributed by atoms with E-state index < -0.39 is 12.0 Å². The van der Waals surface area contributed by atoms with E-state index in [4.69, 9.17) is 10.8 Å². The quantitative estimate of drug-likeness (QED) is 0.577. The van der Waals surface area contributed by atoms with E-state index >= 15 is 0 Å². The molecule has 15 heavy (non-hydrogen) atoms. The topological polar surface area (TPSA) is 92.4 Å². The van der Waals surface area contributed by atoms with Gasteiger partial charge in [-0.2, -0.15) is 0 Å². The Hall–Kier alpha value is -1.10. The average Bonchev–Trinajstić information content (AvgIpc) is 2.16. The first-order valence-electron chi connectivity index (χ1n) is 5.29. The summed E-state index contributed by atoms with van der Waals surface area (Å²) < 4.78 is 0. The molecular weight excluding hydrogens is 196 g/mol. The lowest BCUT2D eigenvalue weighted by molar-refractivity contribution is -0.142. The Morgan fingerprint density at radius 1 is 1.40 bits per heavy atom. The Morgan fingerprint density at radius 3 is 2.40 bits per heavy atom. The van der Waals surface area contributed by atoms with Gasteiger partial charge < -0.3 is 16.2 Å². The first-order chi connectivity index (χ1) is 7.01. The van der Waals surface area contributed by atoms with Gasteiger partial charge in [-0.05, 0) is 12.8 Å². The molecule has 0 heterocycles. The van der Waals surface area contributed by atoms with Gasteiger partial charge in [0, 0.05) is 12.5 Å². The summed E-state index contributed by atoms with van der Waals surface area (Å²) in [5.74, 6) is -1.28. The predicted molar refractivity (Wildman–Crippen MR) is 57.4 cm³/mol. The van der Waals surface area contributed by atoms with Crippen LogP contribution < -0.4 is 11.1 Å². The van der Waals surface area contributed by atoms with Crippen molar-refractivity contribution in [2.24, 2.45) is 5.73 Å². The van der Waals surface area contributed by atoms with Gasteiger partial charge in [-0.3, -0.25) is 4.79 Å². The average molecular weight is 216 g/mol. The maximum Gasteiger partial charge on any atom is 0.326 e. The predicted octanol–water partition coefficient (Wildman–Crippen LogP) is 0.483. The van der Waals surface area contributed by atoms with E-state index in [1.54, 1.807) is 0 Å². The van der Waals surface area contributed by atoms with Gasteiger partial charge in [-0.15, -0.1) is 0 Å². The number of hydrogen-bond donors (Lipinski definition) is 3. The van der Waals surface area contributed by atoms with Crippen molar-refractivity contribution in [1.82, 2.24) is 5.32 Å². The molecule has 5 nitrogen and oxygen atoms in total. The minimum Gasteiger partial charge on any atom is -0.480 e. The molecule has 0 aromatic heterocycles. The van der Waals surface area contributed by atoms with Gasteiger partial charge in [-0.25, -0.2) is 4.79 Å². The van der Waals surface area contributed by atoms with E-state index in [2.05, 4.69) is 5.32 Å². The zero-order chi connectivity index (χ0) is 11.8. The molecule has 2 atom stereocenters. The van der Waals surface area contributed by atoms with Crippen molar-refractivity contribution in [3.05, 3.63) is 0 Å². The fourth-order valence-electron chi connectivity index (χ4n) is 1.18. The molecule has 0 saturated heterocycles. The number of aliphatic carboxylic acids is 1. The molecule has 0 fully saturated rings. The van der Waals surface area contributed by atoms with Crippen LogP contribution in [0.15, 0.2) is 0 Å². The summed E-state index contributed by atoms with van der Waals surface area (Å²) in [6, 6.07) is -0.979. The third-order valence-corrected chi connectivity index (χ3v) is 2.18. The smallest absolute Gasteiger partial charge is 0.326 e. The first-order valence-corrected chi connectivity index (χ1v) is 5.29.